The first-order chi connectivity index (χ1) is 7.79. The molecule has 16 heavy (non-hydrogen) atoms. The molecule has 0 radical (unpaired) electrons. The van der Waals surface area contributed by atoms with E-state index < -0.39 is 0 Å². The van der Waals surface area contributed by atoms with Crippen molar-refractivity contribution < 1.29 is 0 Å². The number of hydrogen-bond acceptors (Lipinski definition) is 0. The Kier molecular flexibility index (Phi) is 3.79. The minimum Gasteiger partial charge on any atom is -0.0622 e. The summed E-state index contributed by atoms with van der Waals surface area (Å²) in [5, 5.41) is 0. The first-order valence-corrected chi connectivity index (χ1v) is 6.40. The van der Waals surface area contributed by atoms with Crippen molar-refractivity contribution in [2.45, 2.75) is 19.8 Å². The molecule has 0 saturated heterocycles. The van der Waals surface area contributed by atoms with Gasteiger partial charge in [-0.1, -0.05) is 59.3 Å². The molecule has 2 aromatic rings. The molecule has 0 aromatic heterocycles. The zero-order valence-electron chi connectivity index (χ0n) is 9.41. The van der Waals surface area contributed by atoms with Crippen LogP contribution in [0.3, 0.4) is 0 Å². The molecule has 0 fully saturated rings. The number of hydrogen-bond donors (Lipinski definition) is 0. The van der Waals surface area contributed by atoms with Crippen LogP contribution in [-0.2, 0) is 12.8 Å². The molecule has 2 rings (SSSR count). The van der Waals surface area contributed by atoms with Crippen LogP contribution in [0.25, 0.3) is 0 Å². The molecule has 0 bridgehead atoms. The van der Waals surface area contributed by atoms with Gasteiger partial charge in [0.05, 0.1) is 0 Å². The molecule has 82 valence electrons. The molecule has 0 aliphatic carbocycles. The number of aryl methyl sites for hydroxylation is 1. The van der Waals surface area contributed by atoms with E-state index in [9.17, 15) is 0 Å². The number of benzene rings is 2. The van der Waals surface area contributed by atoms with Crippen molar-refractivity contribution >= 4 is 15.9 Å². The zero-order chi connectivity index (χ0) is 11.4. The Hall–Kier alpha value is -1.08. The van der Waals surface area contributed by atoms with Crippen LogP contribution in [0.5, 0.6) is 0 Å². The molecular weight excluding hydrogens is 260 g/mol. The van der Waals surface area contributed by atoms with Gasteiger partial charge < -0.3 is 0 Å². The van der Waals surface area contributed by atoms with Crippen LogP contribution < -0.4 is 0 Å². The van der Waals surface area contributed by atoms with Crippen molar-refractivity contribution in [3.05, 3.63) is 69.7 Å². The molecule has 0 spiro atoms. The lowest BCUT2D eigenvalue weighted by Crippen LogP contribution is -1.94. The van der Waals surface area contributed by atoms with Crippen LogP contribution in [0.15, 0.2) is 53.0 Å². The van der Waals surface area contributed by atoms with Crippen LogP contribution in [0.1, 0.15) is 23.6 Å². The summed E-state index contributed by atoms with van der Waals surface area (Å²) in [5.41, 5.74) is 4.23. The van der Waals surface area contributed by atoms with E-state index in [0.717, 1.165) is 17.3 Å². The van der Waals surface area contributed by atoms with Crippen molar-refractivity contribution in [3.63, 3.8) is 0 Å². The first-order valence-electron chi connectivity index (χ1n) is 5.61. The number of halogens is 1. The van der Waals surface area contributed by atoms with Gasteiger partial charge in [-0.15, -0.1) is 0 Å². The lowest BCUT2D eigenvalue weighted by atomic mass is 9.98. The largest absolute Gasteiger partial charge is 0.0622 e. The Balaban J connectivity index is 2.30. The van der Waals surface area contributed by atoms with E-state index in [0.29, 0.717) is 0 Å². The summed E-state index contributed by atoms with van der Waals surface area (Å²) >= 11 is 3.54. The standard InChI is InChI=1S/C15H15Br/c1-2-13-8-9-15(16)11-14(13)10-12-6-4-3-5-7-12/h3-9,11H,2,10H2,1H3. The highest BCUT2D eigenvalue weighted by Crippen LogP contribution is 2.20. The maximum absolute atomic E-state index is 3.54. The summed E-state index contributed by atoms with van der Waals surface area (Å²) < 4.78 is 1.16. The smallest absolute Gasteiger partial charge is 0.0178 e. The SMILES string of the molecule is CCc1ccc(Br)cc1Cc1ccccc1. The Labute approximate surface area is 105 Å². The summed E-state index contributed by atoms with van der Waals surface area (Å²) in [5.74, 6) is 0. The fourth-order valence-electron chi connectivity index (χ4n) is 1.92. The highest BCUT2D eigenvalue weighted by molar-refractivity contribution is 9.10. The third kappa shape index (κ3) is 2.73. The Morgan fingerprint density at radius 3 is 2.38 bits per heavy atom. The minimum absolute atomic E-state index is 1.02. The van der Waals surface area contributed by atoms with Crippen molar-refractivity contribution in [3.8, 4) is 0 Å². The van der Waals surface area contributed by atoms with Crippen molar-refractivity contribution in [2.75, 3.05) is 0 Å². The topological polar surface area (TPSA) is 0 Å². The van der Waals surface area contributed by atoms with Crippen LogP contribution >= 0.6 is 15.9 Å². The normalized spacial score (nSPS) is 10.4. The van der Waals surface area contributed by atoms with Crippen molar-refractivity contribution in [2.24, 2.45) is 0 Å². The molecule has 0 atom stereocenters. The summed E-state index contributed by atoms with van der Waals surface area (Å²) in [6, 6.07) is 17.2. The fourth-order valence-corrected chi connectivity index (χ4v) is 2.33. The van der Waals surface area contributed by atoms with Gasteiger partial charge in [0.15, 0.2) is 0 Å². The predicted molar refractivity (Wildman–Crippen MR) is 72.8 cm³/mol. The summed E-state index contributed by atoms with van der Waals surface area (Å²) in [7, 11) is 0. The highest BCUT2D eigenvalue weighted by atomic mass is 79.9. The van der Waals surface area contributed by atoms with Crippen molar-refractivity contribution in [1.82, 2.24) is 0 Å². The zero-order valence-corrected chi connectivity index (χ0v) is 11.0. The predicted octanol–water partition coefficient (Wildman–Crippen LogP) is 4.60. The summed E-state index contributed by atoms with van der Waals surface area (Å²) in [6.45, 7) is 2.21. The van der Waals surface area contributed by atoms with Gasteiger partial charge in [0.2, 0.25) is 0 Å². The van der Waals surface area contributed by atoms with E-state index >= 15 is 0 Å². The van der Waals surface area contributed by atoms with Crippen LogP contribution in [-0.4, -0.2) is 0 Å². The van der Waals surface area contributed by atoms with Gasteiger partial charge in [0.25, 0.3) is 0 Å². The van der Waals surface area contributed by atoms with Crippen molar-refractivity contribution in [1.29, 1.82) is 0 Å². The van der Waals surface area contributed by atoms with Crippen LogP contribution in [0.4, 0.5) is 0 Å². The monoisotopic (exact) mass is 274 g/mol. The highest BCUT2D eigenvalue weighted by Gasteiger charge is 2.02. The Morgan fingerprint density at radius 2 is 1.69 bits per heavy atom. The maximum atomic E-state index is 3.54. The fraction of sp³-hybridized carbons (Fsp3) is 0.200. The number of rotatable bonds is 3. The molecule has 0 unspecified atom stereocenters. The van der Waals surface area contributed by atoms with E-state index in [-0.39, 0.29) is 0 Å². The molecule has 0 aliphatic rings. The second-order valence-electron chi connectivity index (χ2n) is 3.93. The van der Waals surface area contributed by atoms with Crippen LogP contribution in [0.2, 0.25) is 0 Å². The Morgan fingerprint density at radius 1 is 0.938 bits per heavy atom. The molecule has 0 aliphatic heterocycles. The second kappa shape index (κ2) is 5.31. The van der Waals surface area contributed by atoms with Gasteiger partial charge in [-0.3, -0.25) is 0 Å². The third-order valence-electron chi connectivity index (χ3n) is 2.79. The molecule has 0 saturated carbocycles. The maximum Gasteiger partial charge on any atom is 0.0178 e. The van der Waals surface area contributed by atoms with Gasteiger partial charge in [0, 0.05) is 4.47 Å². The van der Waals surface area contributed by atoms with Gasteiger partial charge >= 0.3 is 0 Å². The summed E-state index contributed by atoms with van der Waals surface area (Å²) in [6.07, 6.45) is 2.11. The lowest BCUT2D eigenvalue weighted by Gasteiger charge is -2.08. The second-order valence-corrected chi connectivity index (χ2v) is 4.84. The average molecular weight is 275 g/mol. The molecule has 0 nitrogen and oxygen atoms in total. The molecule has 0 heterocycles. The van der Waals surface area contributed by atoms with E-state index in [4.69, 9.17) is 0 Å². The molecular formula is C15H15Br. The molecule has 0 amide bonds. The molecule has 1 heteroatoms. The van der Waals surface area contributed by atoms with Gasteiger partial charge in [-0.2, -0.15) is 0 Å². The molecule has 0 N–H and O–H groups in total. The first kappa shape index (κ1) is 11.4. The van der Waals surface area contributed by atoms with Gasteiger partial charge in [0.1, 0.15) is 0 Å². The molecule has 2 aromatic carbocycles. The summed E-state index contributed by atoms with van der Waals surface area (Å²) in [4.78, 5) is 0. The lowest BCUT2D eigenvalue weighted by molar-refractivity contribution is 1.06. The minimum atomic E-state index is 1.02. The van der Waals surface area contributed by atoms with Crippen LogP contribution in [0, 0.1) is 0 Å². The Bertz CT molecular complexity index is 460. The van der Waals surface area contributed by atoms with E-state index in [1.165, 1.54) is 16.7 Å². The third-order valence-corrected chi connectivity index (χ3v) is 3.28. The average Bonchev–Trinajstić information content (AvgIpc) is 2.31. The van der Waals surface area contributed by atoms with Gasteiger partial charge in [-0.25, -0.2) is 0 Å². The van der Waals surface area contributed by atoms with Gasteiger partial charge in [-0.05, 0) is 41.7 Å². The van der Waals surface area contributed by atoms with E-state index in [2.05, 4.69) is 71.4 Å². The van der Waals surface area contributed by atoms with E-state index in [1.807, 2.05) is 0 Å². The van der Waals surface area contributed by atoms with E-state index in [1.54, 1.807) is 0 Å². The quantitative estimate of drug-likeness (QED) is 0.767.